The second-order valence-corrected chi connectivity index (χ2v) is 5.25. The average molecular weight is 347 g/mol. The number of anilines is 1. The molecule has 3 aromatic rings. The summed E-state index contributed by atoms with van der Waals surface area (Å²) in [6.45, 7) is 1.53. The number of nitrogen functional groups attached to an aromatic ring is 1. The van der Waals surface area contributed by atoms with Gasteiger partial charge in [0.05, 0.1) is 11.3 Å². The normalized spacial score (nSPS) is 14.0. The van der Waals surface area contributed by atoms with Crippen LogP contribution in [0.5, 0.6) is 0 Å². The van der Waals surface area contributed by atoms with Crippen LogP contribution in [0.4, 0.5) is 19.0 Å². The van der Waals surface area contributed by atoms with Gasteiger partial charge in [0, 0.05) is 5.56 Å². The Morgan fingerprint density at radius 3 is 2.52 bits per heavy atom. The van der Waals surface area contributed by atoms with E-state index in [1.54, 1.807) is 6.07 Å². The van der Waals surface area contributed by atoms with Gasteiger partial charge in [-0.2, -0.15) is 27.8 Å². The van der Waals surface area contributed by atoms with Gasteiger partial charge < -0.3 is 10.8 Å². The van der Waals surface area contributed by atoms with Crippen LogP contribution in [-0.4, -0.2) is 30.9 Å². The summed E-state index contributed by atoms with van der Waals surface area (Å²) in [5.41, 5.74) is 2.48. The van der Waals surface area contributed by atoms with Crippen LogP contribution in [0, 0.1) is 18.8 Å². The largest absolute Gasteiger partial charge is 0.433 e. The van der Waals surface area contributed by atoms with Gasteiger partial charge in [-0.25, -0.2) is 4.98 Å². The maximum Gasteiger partial charge on any atom is 0.433 e. The summed E-state index contributed by atoms with van der Waals surface area (Å²) in [6.07, 6.45) is -3.79. The topological polar surface area (TPSA) is 89.3 Å². The Morgan fingerprint density at radius 1 is 1.20 bits per heavy atom. The van der Waals surface area contributed by atoms with E-state index >= 15 is 0 Å². The summed E-state index contributed by atoms with van der Waals surface area (Å²) >= 11 is 0. The molecule has 0 aliphatic heterocycles. The Hall–Kier alpha value is -3.12. The molecule has 0 amide bonds. The second-order valence-electron chi connectivity index (χ2n) is 5.25. The number of fused-ring (bicyclic) bond motifs is 1. The first-order chi connectivity index (χ1) is 11.7. The number of halogens is 3. The van der Waals surface area contributed by atoms with Crippen LogP contribution in [0.15, 0.2) is 36.7 Å². The Morgan fingerprint density at radius 2 is 1.88 bits per heavy atom. The zero-order chi connectivity index (χ0) is 18.2. The summed E-state index contributed by atoms with van der Waals surface area (Å²) < 4.78 is 41.6. The van der Waals surface area contributed by atoms with E-state index in [1.165, 1.54) is 25.4 Å². The third-order valence-electron chi connectivity index (χ3n) is 3.61. The smallest absolute Gasteiger partial charge is 0.382 e. The number of nitrogens with two attached hydrogens (primary N) is 1. The first-order valence-electron chi connectivity index (χ1n) is 7.07. The highest BCUT2D eigenvalue weighted by molar-refractivity contribution is 5.58. The lowest BCUT2D eigenvalue weighted by molar-refractivity contribution is -0.240. The first-order valence-corrected chi connectivity index (χ1v) is 7.07. The molecule has 3 rings (SSSR count). The fraction of sp³-hybridized carbons (Fsp3) is 0.188. The maximum absolute atomic E-state index is 13.5. The quantitative estimate of drug-likeness (QED) is 0.656. The lowest BCUT2D eigenvalue weighted by Gasteiger charge is -2.25. The van der Waals surface area contributed by atoms with Crippen LogP contribution in [0.3, 0.4) is 0 Å². The number of aliphatic hydroxyl groups is 1. The molecule has 0 bridgehead atoms. The molecule has 25 heavy (non-hydrogen) atoms. The molecule has 0 spiro atoms. The zero-order valence-corrected chi connectivity index (χ0v) is 12.9. The fourth-order valence-electron chi connectivity index (χ4n) is 2.27. The van der Waals surface area contributed by atoms with Crippen molar-refractivity contribution in [3.8, 4) is 11.8 Å². The second kappa shape index (κ2) is 5.75. The van der Waals surface area contributed by atoms with Crippen LogP contribution in [0.25, 0.3) is 5.78 Å². The maximum atomic E-state index is 13.5. The molecule has 1 atom stereocenters. The fourth-order valence-corrected chi connectivity index (χ4v) is 2.27. The molecule has 0 fully saturated rings. The molecule has 2 aromatic heterocycles. The number of aryl methyl sites for hydroxylation is 1. The zero-order valence-electron chi connectivity index (χ0n) is 12.9. The van der Waals surface area contributed by atoms with Crippen molar-refractivity contribution in [2.24, 2.45) is 0 Å². The number of rotatable bonds is 1. The van der Waals surface area contributed by atoms with Gasteiger partial charge in [0.2, 0.25) is 5.60 Å². The van der Waals surface area contributed by atoms with E-state index in [9.17, 15) is 18.3 Å². The van der Waals surface area contributed by atoms with Crippen LogP contribution in [-0.2, 0) is 5.60 Å². The molecule has 0 aliphatic carbocycles. The van der Waals surface area contributed by atoms with E-state index in [1.807, 2.05) is 5.92 Å². The SMILES string of the molecule is Cc1nc2ncnn2c(N)c1C#CC(O)(c1ccccc1)C(F)(F)F. The van der Waals surface area contributed by atoms with Gasteiger partial charge in [0.1, 0.15) is 12.1 Å². The molecule has 0 radical (unpaired) electrons. The van der Waals surface area contributed by atoms with Crippen molar-refractivity contribution < 1.29 is 18.3 Å². The summed E-state index contributed by atoms with van der Waals surface area (Å²) in [4.78, 5) is 7.94. The number of hydrogen-bond donors (Lipinski definition) is 2. The highest BCUT2D eigenvalue weighted by Gasteiger charge is 2.54. The third-order valence-corrected chi connectivity index (χ3v) is 3.61. The van der Waals surface area contributed by atoms with Crippen molar-refractivity contribution in [1.82, 2.24) is 19.6 Å². The Balaban J connectivity index is 2.18. The number of hydrogen-bond acceptors (Lipinski definition) is 5. The predicted octanol–water partition coefficient (Wildman–Crippen LogP) is 1.82. The minimum atomic E-state index is -5.01. The number of benzene rings is 1. The summed E-state index contributed by atoms with van der Waals surface area (Å²) in [7, 11) is 0. The molecule has 6 nitrogen and oxygen atoms in total. The molecule has 1 unspecified atom stereocenters. The molecule has 128 valence electrons. The molecule has 1 aromatic carbocycles. The number of aromatic nitrogens is 4. The molecule has 0 aliphatic rings. The van der Waals surface area contributed by atoms with Gasteiger partial charge in [0.25, 0.3) is 5.78 Å². The third kappa shape index (κ3) is 2.77. The monoisotopic (exact) mass is 347 g/mol. The van der Waals surface area contributed by atoms with Crippen molar-refractivity contribution in [2.45, 2.75) is 18.7 Å². The first kappa shape index (κ1) is 16.7. The van der Waals surface area contributed by atoms with Gasteiger partial charge in [0.15, 0.2) is 0 Å². The van der Waals surface area contributed by atoms with Crippen molar-refractivity contribution in [3.63, 3.8) is 0 Å². The van der Waals surface area contributed by atoms with Crippen molar-refractivity contribution >= 4 is 11.6 Å². The Bertz CT molecular complexity index is 988. The van der Waals surface area contributed by atoms with Gasteiger partial charge in [-0.1, -0.05) is 36.3 Å². The van der Waals surface area contributed by atoms with E-state index in [2.05, 4.69) is 21.0 Å². The summed E-state index contributed by atoms with van der Waals surface area (Å²) in [5.74, 6) is 4.41. The van der Waals surface area contributed by atoms with E-state index < -0.39 is 11.8 Å². The highest BCUT2D eigenvalue weighted by atomic mass is 19.4. The standard InChI is InChI=1S/C16H12F3N5O/c1-10-12(13(20)24-14(23-10)21-9-22-24)7-8-15(25,16(17,18)19)11-5-3-2-4-6-11/h2-6,9,25H,20H2,1H3. The summed E-state index contributed by atoms with van der Waals surface area (Å²) in [6, 6.07) is 6.61. The predicted molar refractivity (Wildman–Crippen MR) is 83.2 cm³/mol. The van der Waals surface area contributed by atoms with E-state index in [-0.39, 0.29) is 28.4 Å². The van der Waals surface area contributed by atoms with Gasteiger partial charge in [-0.05, 0) is 12.8 Å². The molecule has 0 saturated heterocycles. The van der Waals surface area contributed by atoms with Crippen LogP contribution < -0.4 is 5.73 Å². The molecule has 2 heterocycles. The van der Waals surface area contributed by atoms with Crippen molar-refractivity contribution in [3.05, 3.63) is 53.5 Å². The van der Waals surface area contributed by atoms with E-state index in [0.29, 0.717) is 0 Å². The van der Waals surface area contributed by atoms with Crippen LogP contribution in [0.2, 0.25) is 0 Å². The molecular formula is C16H12F3N5O. The lowest BCUT2D eigenvalue weighted by Crippen LogP contribution is -2.41. The molecule has 0 saturated carbocycles. The Kier molecular flexibility index (Phi) is 3.85. The van der Waals surface area contributed by atoms with E-state index in [4.69, 9.17) is 5.73 Å². The highest BCUT2D eigenvalue weighted by Crippen LogP contribution is 2.38. The van der Waals surface area contributed by atoms with E-state index in [0.717, 1.165) is 16.6 Å². The summed E-state index contributed by atoms with van der Waals surface area (Å²) in [5, 5.41) is 14.1. The molecule has 3 N–H and O–H groups in total. The van der Waals surface area contributed by atoms with Crippen LogP contribution in [0.1, 0.15) is 16.8 Å². The minimum Gasteiger partial charge on any atom is -0.382 e. The van der Waals surface area contributed by atoms with Gasteiger partial charge in [-0.15, -0.1) is 0 Å². The number of nitrogens with zero attached hydrogens (tertiary/aromatic N) is 4. The van der Waals surface area contributed by atoms with Crippen molar-refractivity contribution in [1.29, 1.82) is 0 Å². The Labute approximate surface area is 140 Å². The van der Waals surface area contributed by atoms with Gasteiger partial charge in [-0.3, -0.25) is 0 Å². The van der Waals surface area contributed by atoms with Gasteiger partial charge >= 0.3 is 6.18 Å². The number of alkyl halides is 3. The van der Waals surface area contributed by atoms with Crippen LogP contribution >= 0.6 is 0 Å². The molecular weight excluding hydrogens is 335 g/mol. The van der Waals surface area contributed by atoms with Crippen molar-refractivity contribution in [2.75, 3.05) is 5.73 Å². The lowest BCUT2D eigenvalue weighted by atomic mass is 9.93. The minimum absolute atomic E-state index is 0.00918. The molecule has 9 heteroatoms. The average Bonchev–Trinajstić information content (AvgIpc) is 3.02.